The Hall–Kier alpha value is -3.20. The van der Waals surface area contributed by atoms with E-state index in [2.05, 4.69) is 31.8 Å². The quantitative estimate of drug-likeness (QED) is 0.301. The molecule has 31 heavy (non-hydrogen) atoms. The van der Waals surface area contributed by atoms with E-state index in [0.29, 0.717) is 22.4 Å². The fourth-order valence-electron chi connectivity index (χ4n) is 2.44. The summed E-state index contributed by atoms with van der Waals surface area (Å²) < 4.78 is 10.8. The summed E-state index contributed by atoms with van der Waals surface area (Å²) in [5, 5.41) is 6.67. The third-order valence-electron chi connectivity index (χ3n) is 4.01. The summed E-state index contributed by atoms with van der Waals surface area (Å²) >= 11 is 3.36. The molecule has 0 unspecified atom stereocenters. The van der Waals surface area contributed by atoms with Gasteiger partial charge in [0.1, 0.15) is 5.75 Å². The molecule has 0 bridgehead atoms. The number of ether oxygens (including phenoxy) is 2. The van der Waals surface area contributed by atoms with Gasteiger partial charge in [-0.3, -0.25) is 9.59 Å². The molecule has 0 radical (unpaired) electrons. The van der Waals surface area contributed by atoms with Crippen LogP contribution in [0.2, 0.25) is 0 Å². The maximum Gasteiger partial charge on any atom is 0.344 e. The summed E-state index contributed by atoms with van der Waals surface area (Å²) in [6, 6.07) is 12.5. The van der Waals surface area contributed by atoms with Crippen molar-refractivity contribution >= 4 is 45.6 Å². The number of hydrogen-bond donors (Lipinski definition) is 2. The molecule has 0 fully saturated rings. The first-order chi connectivity index (χ1) is 14.9. The first-order valence-electron chi connectivity index (χ1n) is 9.64. The zero-order valence-electron chi connectivity index (χ0n) is 17.3. The highest BCUT2D eigenvalue weighted by molar-refractivity contribution is 9.10. The van der Waals surface area contributed by atoms with Gasteiger partial charge < -0.3 is 14.8 Å². The zero-order valence-corrected chi connectivity index (χ0v) is 18.9. The largest absolute Gasteiger partial charge is 0.481 e. The molecule has 8 nitrogen and oxygen atoms in total. The minimum Gasteiger partial charge on any atom is -0.481 e. The van der Waals surface area contributed by atoms with E-state index in [-0.39, 0.29) is 31.3 Å². The van der Waals surface area contributed by atoms with Crippen LogP contribution in [-0.4, -0.2) is 37.2 Å². The van der Waals surface area contributed by atoms with Crippen molar-refractivity contribution < 1.29 is 23.9 Å². The minimum atomic E-state index is -0.449. The minimum absolute atomic E-state index is 0.0133. The zero-order chi connectivity index (χ0) is 22.6. The number of hydrogen-bond acceptors (Lipinski definition) is 6. The van der Waals surface area contributed by atoms with Crippen LogP contribution < -0.4 is 15.5 Å². The van der Waals surface area contributed by atoms with E-state index >= 15 is 0 Å². The molecule has 2 aromatic carbocycles. The van der Waals surface area contributed by atoms with Crippen LogP contribution in [0.5, 0.6) is 5.75 Å². The molecule has 2 aromatic rings. The number of benzene rings is 2. The van der Waals surface area contributed by atoms with E-state index in [1.807, 2.05) is 31.2 Å². The van der Waals surface area contributed by atoms with Crippen LogP contribution in [0.15, 0.2) is 52.0 Å². The molecule has 0 saturated heterocycles. The molecule has 0 saturated carbocycles. The Kier molecular flexibility index (Phi) is 9.70. The Labute approximate surface area is 189 Å². The summed E-state index contributed by atoms with van der Waals surface area (Å²) in [7, 11) is 0. The number of hydrazone groups is 1. The second kappa shape index (κ2) is 12.5. The second-order valence-electron chi connectivity index (χ2n) is 6.44. The van der Waals surface area contributed by atoms with Gasteiger partial charge in [-0.05, 0) is 65.2 Å². The summed E-state index contributed by atoms with van der Waals surface area (Å²) in [6.45, 7) is 3.73. The molecule has 0 aromatic heterocycles. The number of halogens is 1. The molecular weight excluding hydrogens is 466 g/mol. The third kappa shape index (κ3) is 8.59. The maximum absolute atomic E-state index is 12.0. The highest BCUT2D eigenvalue weighted by Gasteiger charge is 2.09. The van der Waals surface area contributed by atoms with Gasteiger partial charge in [0, 0.05) is 18.5 Å². The van der Waals surface area contributed by atoms with Crippen LogP contribution in [0.1, 0.15) is 30.9 Å². The van der Waals surface area contributed by atoms with Gasteiger partial charge in [-0.25, -0.2) is 10.2 Å². The monoisotopic (exact) mass is 489 g/mol. The van der Waals surface area contributed by atoms with Crippen LogP contribution >= 0.6 is 15.9 Å². The van der Waals surface area contributed by atoms with Crippen LogP contribution in [0, 0.1) is 6.92 Å². The van der Waals surface area contributed by atoms with Gasteiger partial charge >= 0.3 is 5.97 Å². The van der Waals surface area contributed by atoms with Crippen molar-refractivity contribution in [2.24, 2.45) is 5.10 Å². The predicted molar refractivity (Wildman–Crippen MR) is 121 cm³/mol. The number of esters is 1. The molecule has 164 valence electrons. The lowest BCUT2D eigenvalue weighted by Crippen LogP contribution is -2.20. The fraction of sp³-hybridized carbons (Fsp3) is 0.273. The van der Waals surface area contributed by atoms with Crippen molar-refractivity contribution in [2.45, 2.75) is 26.7 Å². The van der Waals surface area contributed by atoms with Gasteiger partial charge in [0.25, 0.3) is 0 Å². The Morgan fingerprint density at radius 3 is 2.55 bits per heavy atom. The lowest BCUT2D eigenvalue weighted by atomic mass is 10.2. The first-order valence-corrected chi connectivity index (χ1v) is 10.4. The molecule has 2 N–H and O–H groups in total. The Bertz CT molecular complexity index is 962. The lowest BCUT2D eigenvalue weighted by molar-refractivity contribution is -0.145. The van der Waals surface area contributed by atoms with Gasteiger partial charge in [-0.15, -0.1) is 0 Å². The second-order valence-corrected chi connectivity index (χ2v) is 7.29. The SMILES string of the molecule is CCOC(=O)COc1ccc(C=NNC(=O)CCC(=O)Nc2ccccc2C)cc1Br. The molecule has 0 heterocycles. The Balaban J connectivity index is 1.76. The average Bonchev–Trinajstić information content (AvgIpc) is 2.73. The van der Waals surface area contributed by atoms with E-state index < -0.39 is 5.97 Å². The topological polar surface area (TPSA) is 106 Å². The molecule has 0 spiro atoms. The number of nitrogens with one attached hydrogen (secondary N) is 2. The average molecular weight is 490 g/mol. The molecule has 2 amide bonds. The molecule has 0 atom stereocenters. The van der Waals surface area contributed by atoms with Gasteiger partial charge in [-0.2, -0.15) is 5.10 Å². The number of amides is 2. The Morgan fingerprint density at radius 1 is 1.10 bits per heavy atom. The molecular formula is C22H24BrN3O5. The number of anilines is 1. The maximum atomic E-state index is 12.0. The predicted octanol–water partition coefficient (Wildman–Crippen LogP) is 3.57. The lowest BCUT2D eigenvalue weighted by Gasteiger charge is -2.08. The molecule has 2 rings (SSSR count). The summed E-state index contributed by atoms with van der Waals surface area (Å²) in [5.74, 6) is -0.579. The number of rotatable bonds is 10. The van der Waals surface area contributed by atoms with E-state index in [0.717, 1.165) is 11.3 Å². The summed E-state index contributed by atoms with van der Waals surface area (Å²) in [4.78, 5) is 35.2. The highest BCUT2D eigenvalue weighted by Crippen LogP contribution is 2.25. The molecule has 0 aliphatic carbocycles. The normalized spacial score (nSPS) is 10.5. The third-order valence-corrected chi connectivity index (χ3v) is 4.63. The van der Waals surface area contributed by atoms with Crippen molar-refractivity contribution in [3.63, 3.8) is 0 Å². The molecule has 0 aliphatic rings. The van der Waals surface area contributed by atoms with Crippen molar-refractivity contribution in [1.29, 1.82) is 0 Å². The number of carbonyl (C=O) groups is 3. The van der Waals surface area contributed by atoms with Crippen LogP contribution in [0.3, 0.4) is 0 Å². The van der Waals surface area contributed by atoms with Crippen LogP contribution in [0.4, 0.5) is 5.69 Å². The Morgan fingerprint density at radius 2 is 1.84 bits per heavy atom. The van der Waals surface area contributed by atoms with Crippen molar-refractivity contribution in [3.8, 4) is 5.75 Å². The van der Waals surface area contributed by atoms with E-state index in [9.17, 15) is 14.4 Å². The van der Waals surface area contributed by atoms with E-state index in [4.69, 9.17) is 9.47 Å². The molecule has 9 heteroatoms. The fourth-order valence-corrected chi connectivity index (χ4v) is 2.95. The van der Waals surface area contributed by atoms with Crippen LogP contribution in [-0.2, 0) is 19.1 Å². The molecule has 0 aliphatic heterocycles. The van der Waals surface area contributed by atoms with Gasteiger partial charge in [-0.1, -0.05) is 18.2 Å². The highest BCUT2D eigenvalue weighted by atomic mass is 79.9. The van der Waals surface area contributed by atoms with Gasteiger partial charge in [0.05, 0.1) is 17.3 Å². The number of carbonyl (C=O) groups excluding carboxylic acids is 3. The smallest absolute Gasteiger partial charge is 0.344 e. The van der Waals surface area contributed by atoms with E-state index in [1.165, 1.54) is 6.21 Å². The number of nitrogens with zero attached hydrogens (tertiary/aromatic N) is 1. The number of para-hydroxylation sites is 1. The summed E-state index contributed by atoms with van der Waals surface area (Å²) in [5.41, 5.74) is 4.77. The summed E-state index contributed by atoms with van der Waals surface area (Å²) in [6.07, 6.45) is 1.53. The van der Waals surface area contributed by atoms with Crippen LogP contribution in [0.25, 0.3) is 0 Å². The van der Waals surface area contributed by atoms with E-state index in [1.54, 1.807) is 25.1 Å². The first kappa shape index (κ1) is 24.1. The van der Waals surface area contributed by atoms with Crippen molar-refractivity contribution in [3.05, 3.63) is 58.1 Å². The standard InChI is InChI=1S/C22H24BrN3O5/c1-3-30-22(29)14-31-19-9-8-16(12-17(19)23)13-24-26-21(28)11-10-20(27)25-18-7-5-4-6-15(18)2/h4-9,12-13H,3,10-11,14H2,1-2H3,(H,25,27)(H,26,28). The number of aryl methyl sites for hydroxylation is 1. The van der Waals surface area contributed by atoms with Gasteiger partial charge in [0.15, 0.2) is 6.61 Å². The van der Waals surface area contributed by atoms with Crippen molar-refractivity contribution in [2.75, 3.05) is 18.5 Å². The van der Waals surface area contributed by atoms with Crippen molar-refractivity contribution in [1.82, 2.24) is 5.43 Å². The van der Waals surface area contributed by atoms with Gasteiger partial charge in [0.2, 0.25) is 11.8 Å².